The van der Waals surface area contributed by atoms with Gasteiger partial charge in [-0.3, -0.25) is 9.13 Å². The molecule has 3 atom stereocenters. The highest BCUT2D eigenvalue weighted by Crippen LogP contribution is 2.46. The molecule has 0 bridgehead atoms. The summed E-state index contributed by atoms with van der Waals surface area (Å²) in [5.41, 5.74) is 10.7. The van der Waals surface area contributed by atoms with Crippen molar-refractivity contribution in [1.82, 2.24) is 24.1 Å². The average molecular weight is 718 g/mol. The maximum Gasteiger partial charge on any atom is 0.240 e. The minimum absolute atomic E-state index is 0.404. The first-order valence-electron chi connectivity index (χ1n) is 19.8. The van der Waals surface area contributed by atoms with E-state index < -0.39 is 0 Å². The number of fused-ring (bicyclic) bond motifs is 7. The molecule has 1 fully saturated rings. The van der Waals surface area contributed by atoms with Crippen LogP contribution in [0.4, 0.5) is 11.4 Å². The maximum atomic E-state index is 5.45. The number of nitrogens with zero attached hydrogens (tertiary/aromatic N) is 7. The average Bonchev–Trinajstić information content (AvgIpc) is 3.82. The Morgan fingerprint density at radius 2 is 1.15 bits per heavy atom. The van der Waals surface area contributed by atoms with E-state index in [1.54, 1.807) is 5.57 Å². The zero-order valence-electron chi connectivity index (χ0n) is 31.5. The van der Waals surface area contributed by atoms with E-state index in [-0.39, 0.29) is 0 Å². The van der Waals surface area contributed by atoms with Crippen molar-refractivity contribution in [3.8, 4) is 23.3 Å². The lowest BCUT2D eigenvalue weighted by molar-refractivity contribution is 0.546. The number of anilines is 2. The molecule has 7 nitrogen and oxygen atoms in total. The highest BCUT2D eigenvalue weighted by Gasteiger charge is 2.41. The van der Waals surface area contributed by atoms with Gasteiger partial charge < -0.3 is 9.80 Å². The van der Waals surface area contributed by atoms with Crippen molar-refractivity contribution < 1.29 is 0 Å². The van der Waals surface area contributed by atoms with Gasteiger partial charge in [-0.2, -0.15) is 15.0 Å². The Balaban J connectivity index is 1.20. The van der Waals surface area contributed by atoms with Crippen LogP contribution in [0.1, 0.15) is 46.5 Å². The third kappa shape index (κ3) is 5.20. The largest absolute Gasteiger partial charge is 0.361 e. The molecule has 1 aliphatic carbocycles. The van der Waals surface area contributed by atoms with Crippen LogP contribution >= 0.6 is 0 Å². The zero-order valence-corrected chi connectivity index (χ0v) is 31.5. The summed E-state index contributed by atoms with van der Waals surface area (Å²) in [6.45, 7) is 7.99. The summed E-state index contributed by atoms with van der Waals surface area (Å²) >= 11 is 0. The van der Waals surface area contributed by atoms with Crippen LogP contribution in [0, 0.1) is 5.92 Å². The van der Waals surface area contributed by atoms with Crippen LogP contribution in [-0.4, -0.2) is 42.7 Å². The third-order valence-corrected chi connectivity index (χ3v) is 12.1. The van der Waals surface area contributed by atoms with Crippen LogP contribution in [0.25, 0.3) is 66.9 Å². The monoisotopic (exact) mass is 717 g/mol. The quantitative estimate of drug-likeness (QED) is 0.160. The van der Waals surface area contributed by atoms with Crippen molar-refractivity contribution in [2.45, 2.75) is 58.5 Å². The molecule has 0 spiro atoms. The summed E-state index contributed by atoms with van der Waals surface area (Å²) in [6.07, 6.45) is 9.27. The zero-order chi connectivity index (χ0) is 36.8. The predicted octanol–water partition coefficient (Wildman–Crippen LogP) is 11.2. The Labute approximate surface area is 320 Å². The molecule has 3 aliphatic rings. The van der Waals surface area contributed by atoms with E-state index in [4.69, 9.17) is 15.0 Å². The van der Waals surface area contributed by atoms with Crippen molar-refractivity contribution >= 4 is 55.0 Å². The van der Waals surface area contributed by atoms with Crippen LogP contribution < -0.4 is 9.80 Å². The Morgan fingerprint density at radius 3 is 1.69 bits per heavy atom. The van der Waals surface area contributed by atoms with Crippen LogP contribution in [0.5, 0.6) is 0 Å². The van der Waals surface area contributed by atoms with Gasteiger partial charge in [-0.25, -0.2) is 0 Å². The molecule has 8 aromatic rings. The van der Waals surface area contributed by atoms with E-state index >= 15 is 0 Å². The fraction of sp³-hybridized carbons (Fsp3) is 0.229. The van der Waals surface area contributed by atoms with Crippen molar-refractivity contribution in [3.63, 3.8) is 0 Å². The summed E-state index contributed by atoms with van der Waals surface area (Å²) in [7, 11) is 0. The van der Waals surface area contributed by atoms with E-state index in [0.717, 1.165) is 59.9 Å². The molecule has 0 radical (unpaired) electrons. The number of rotatable bonds is 6. The van der Waals surface area contributed by atoms with Gasteiger partial charge in [-0.1, -0.05) is 98.3 Å². The predicted molar refractivity (Wildman–Crippen MR) is 226 cm³/mol. The molecule has 55 heavy (non-hydrogen) atoms. The molecular formula is C48H43N7. The first-order chi connectivity index (χ1) is 27.0. The summed E-state index contributed by atoms with van der Waals surface area (Å²) in [4.78, 5) is 21.4. The highest BCUT2D eigenvalue weighted by molar-refractivity contribution is 6.10. The molecule has 11 rings (SSSR count). The molecule has 0 saturated heterocycles. The van der Waals surface area contributed by atoms with Gasteiger partial charge in [0.1, 0.15) is 0 Å². The van der Waals surface area contributed by atoms with Gasteiger partial charge in [-0.15, -0.1) is 0 Å². The molecule has 5 heterocycles. The van der Waals surface area contributed by atoms with Crippen LogP contribution in [0.2, 0.25) is 0 Å². The second kappa shape index (κ2) is 12.4. The molecule has 2 aliphatic heterocycles. The summed E-state index contributed by atoms with van der Waals surface area (Å²) in [6, 6.07) is 42.2. The van der Waals surface area contributed by atoms with Gasteiger partial charge in [-0.05, 0) is 86.6 Å². The van der Waals surface area contributed by atoms with Crippen LogP contribution in [-0.2, 0) is 0 Å². The first kappa shape index (κ1) is 32.2. The van der Waals surface area contributed by atoms with Crippen LogP contribution in [0.15, 0.2) is 139 Å². The molecule has 270 valence electrons. The molecule has 1 saturated carbocycles. The number of benzene rings is 5. The summed E-state index contributed by atoms with van der Waals surface area (Å²) < 4.78 is 4.43. The molecule has 0 amide bonds. The van der Waals surface area contributed by atoms with E-state index in [1.165, 1.54) is 38.5 Å². The standard InChI is InChI=1S/C48H43N7/c1-4-32-23-30(2)28-52(29-32)35-24-34(25-36(27-35)53-31(3)21-22-33-26-45(33)53)46-49-47(54-41-17-9-5-13-37(41)38-14-6-10-18-42(38)54)51-48(50-46)55-43-19-11-7-15-39(43)40-16-8-12-20-44(40)55/h5-20,22,24-25,27,29-31,45H,4,21,23,26,28H2,1-3H3. The van der Waals surface area contributed by atoms with Gasteiger partial charge in [0.2, 0.25) is 11.9 Å². The second-order valence-corrected chi connectivity index (χ2v) is 15.8. The Bertz CT molecular complexity index is 2650. The van der Waals surface area contributed by atoms with Crippen molar-refractivity contribution in [1.29, 1.82) is 0 Å². The number of hydrogen-bond acceptors (Lipinski definition) is 5. The minimum atomic E-state index is 0.404. The fourth-order valence-electron chi connectivity index (χ4n) is 9.43. The van der Waals surface area contributed by atoms with Gasteiger partial charge in [0.25, 0.3) is 0 Å². The van der Waals surface area contributed by atoms with Gasteiger partial charge in [0, 0.05) is 57.3 Å². The van der Waals surface area contributed by atoms with Crippen molar-refractivity contribution in [2.24, 2.45) is 5.92 Å². The van der Waals surface area contributed by atoms with Crippen molar-refractivity contribution in [2.75, 3.05) is 16.3 Å². The van der Waals surface area contributed by atoms with Crippen molar-refractivity contribution in [3.05, 3.63) is 139 Å². The molecule has 5 aromatic carbocycles. The minimum Gasteiger partial charge on any atom is -0.361 e. The van der Waals surface area contributed by atoms with Gasteiger partial charge in [0.15, 0.2) is 5.82 Å². The Morgan fingerprint density at radius 1 is 0.618 bits per heavy atom. The Kier molecular flexibility index (Phi) is 7.28. The second-order valence-electron chi connectivity index (χ2n) is 15.8. The van der Waals surface area contributed by atoms with Gasteiger partial charge >= 0.3 is 0 Å². The van der Waals surface area contributed by atoms with E-state index in [9.17, 15) is 0 Å². The molecule has 0 N–H and O–H groups in total. The smallest absolute Gasteiger partial charge is 0.240 e. The lowest BCUT2D eigenvalue weighted by Crippen LogP contribution is -2.37. The first-order valence-corrected chi connectivity index (χ1v) is 19.8. The summed E-state index contributed by atoms with van der Waals surface area (Å²) in [5, 5.41) is 4.70. The molecule has 7 heteroatoms. The molecular weight excluding hydrogens is 675 g/mol. The number of para-hydroxylation sites is 4. The summed E-state index contributed by atoms with van der Waals surface area (Å²) in [5.74, 6) is 2.43. The maximum absolute atomic E-state index is 5.45. The van der Waals surface area contributed by atoms with Gasteiger partial charge in [0.05, 0.1) is 28.1 Å². The normalized spacial score (nSPS) is 19.7. The van der Waals surface area contributed by atoms with E-state index in [0.29, 0.717) is 35.7 Å². The fourth-order valence-corrected chi connectivity index (χ4v) is 9.43. The SMILES string of the molecule is CCC1=CN(c2cc(-c3nc(-n4c5ccccc5c5ccccc54)nc(-n4c5ccccc5c5ccccc54)n3)cc(N3C(C)CC=C4CC43)c2)CC(C)C1. The van der Waals surface area contributed by atoms with Crippen LogP contribution in [0.3, 0.4) is 0 Å². The lowest BCUT2D eigenvalue weighted by atomic mass is 9.95. The third-order valence-electron chi connectivity index (χ3n) is 12.1. The molecule has 3 unspecified atom stereocenters. The Hall–Kier alpha value is -6.21. The topological polar surface area (TPSA) is 55.0 Å². The molecule has 3 aromatic heterocycles. The number of allylic oxidation sites excluding steroid dienone is 1. The lowest BCUT2D eigenvalue weighted by Gasteiger charge is -2.35. The number of hydrogen-bond donors (Lipinski definition) is 0. The van der Waals surface area contributed by atoms with E-state index in [1.807, 2.05) is 0 Å². The number of aromatic nitrogens is 5. The highest BCUT2D eigenvalue weighted by atomic mass is 15.3. The van der Waals surface area contributed by atoms with E-state index in [2.05, 4.69) is 167 Å².